The number of rotatable bonds is 3. The molecule has 0 saturated heterocycles. The zero-order valence-corrected chi connectivity index (χ0v) is 10.4. The van der Waals surface area contributed by atoms with E-state index in [0.717, 1.165) is 41.9 Å². The highest BCUT2D eigenvalue weighted by Gasteiger charge is 2.08. The molecule has 17 heavy (non-hydrogen) atoms. The minimum Gasteiger partial charge on any atom is -0.289 e. The Labute approximate surface area is 107 Å². The van der Waals surface area contributed by atoms with Crippen LogP contribution in [0.2, 0.25) is 0 Å². The van der Waals surface area contributed by atoms with Gasteiger partial charge in [0.1, 0.15) is 0 Å². The first-order valence-corrected chi connectivity index (χ1v) is 6.30. The van der Waals surface area contributed by atoms with Gasteiger partial charge in [-0.1, -0.05) is 48.0 Å². The van der Waals surface area contributed by atoms with Crippen molar-refractivity contribution >= 4 is 17.4 Å². The number of hydrogen-bond acceptors (Lipinski definition) is 1. The lowest BCUT2D eigenvalue weighted by Gasteiger charge is -2.12. The van der Waals surface area contributed by atoms with E-state index in [0.29, 0.717) is 0 Å². The highest BCUT2D eigenvalue weighted by Crippen LogP contribution is 2.28. The third-order valence-electron chi connectivity index (χ3n) is 2.94. The van der Waals surface area contributed by atoms with Crippen molar-refractivity contribution in [1.29, 1.82) is 0 Å². The number of benzene rings is 1. The molecule has 2 heteroatoms. The first-order valence-electron chi connectivity index (χ1n) is 5.92. The predicted molar refractivity (Wildman–Crippen MR) is 71.3 cm³/mol. The second-order valence-electron chi connectivity index (χ2n) is 4.20. The summed E-state index contributed by atoms with van der Waals surface area (Å²) in [6, 6.07) is 9.29. The van der Waals surface area contributed by atoms with E-state index in [1.807, 2.05) is 36.4 Å². The number of carbonyl (C=O) groups excluding carboxylic acids is 1. The van der Waals surface area contributed by atoms with Gasteiger partial charge < -0.3 is 0 Å². The fourth-order valence-corrected chi connectivity index (χ4v) is 2.23. The van der Waals surface area contributed by atoms with Crippen molar-refractivity contribution in [3.63, 3.8) is 0 Å². The van der Waals surface area contributed by atoms with Crippen LogP contribution in [0.1, 0.15) is 36.0 Å². The Morgan fingerprint density at radius 3 is 2.53 bits per heavy atom. The van der Waals surface area contributed by atoms with Crippen molar-refractivity contribution < 1.29 is 4.79 Å². The first kappa shape index (κ1) is 12.1. The van der Waals surface area contributed by atoms with Crippen LogP contribution in [0.15, 0.2) is 53.1 Å². The quantitative estimate of drug-likeness (QED) is 0.567. The van der Waals surface area contributed by atoms with E-state index in [4.69, 9.17) is 11.6 Å². The molecule has 0 fully saturated rings. The average molecular weight is 247 g/mol. The average Bonchev–Trinajstić information content (AvgIpc) is 2.38. The SMILES string of the molecule is O=C(C=CC1=C(Cl)CCCC1)c1ccccc1. The van der Waals surface area contributed by atoms with E-state index >= 15 is 0 Å². The van der Waals surface area contributed by atoms with Gasteiger partial charge in [0.25, 0.3) is 0 Å². The van der Waals surface area contributed by atoms with Crippen LogP contribution in [-0.4, -0.2) is 5.78 Å². The summed E-state index contributed by atoms with van der Waals surface area (Å²) in [5, 5.41) is 0.911. The molecule has 1 aliphatic carbocycles. The molecule has 1 nitrogen and oxygen atoms in total. The third kappa shape index (κ3) is 3.31. The molecule has 0 aromatic heterocycles. The van der Waals surface area contributed by atoms with Crippen LogP contribution >= 0.6 is 11.6 Å². The van der Waals surface area contributed by atoms with Gasteiger partial charge in [-0.2, -0.15) is 0 Å². The second-order valence-corrected chi connectivity index (χ2v) is 4.66. The molecule has 0 unspecified atom stereocenters. The molecule has 0 aliphatic heterocycles. The predicted octanol–water partition coefficient (Wildman–Crippen LogP) is 4.49. The molecular weight excluding hydrogens is 232 g/mol. The molecule has 0 heterocycles. The van der Waals surface area contributed by atoms with Gasteiger partial charge in [0.15, 0.2) is 5.78 Å². The largest absolute Gasteiger partial charge is 0.289 e. The second kappa shape index (κ2) is 5.83. The summed E-state index contributed by atoms with van der Waals surface area (Å²) in [7, 11) is 0. The van der Waals surface area contributed by atoms with Gasteiger partial charge in [-0.3, -0.25) is 4.79 Å². The van der Waals surface area contributed by atoms with E-state index in [2.05, 4.69) is 0 Å². The smallest absolute Gasteiger partial charge is 0.185 e. The Kier molecular flexibility index (Phi) is 4.16. The van der Waals surface area contributed by atoms with E-state index in [1.54, 1.807) is 6.08 Å². The molecule has 1 aromatic rings. The summed E-state index contributed by atoms with van der Waals surface area (Å²) >= 11 is 6.13. The van der Waals surface area contributed by atoms with Gasteiger partial charge in [-0.25, -0.2) is 0 Å². The van der Waals surface area contributed by atoms with Crippen molar-refractivity contribution in [3.05, 3.63) is 58.7 Å². The molecule has 2 rings (SSSR count). The Morgan fingerprint density at radius 2 is 1.82 bits per heavy atom. The molecule has 0 saturated carbocycles. The fraction of sp³-hybridized carbons (Fsp3) is 0.267. The zero-order valence-electron chi connectivity index (χ0n) is 9.66. The lowest BCUT2D eigenvalue weighted by atomic mass is 9.98. The molecule has 1 aromatic carbocycles. The maximum atomic E-state index is 11.8. The Morgan fingerprint density at radius 1 is 1.12 bits per heavy atom. The summed E-state index contributed by atoms with van der Waals surface area (Å²) in [5.41, 5.74) is 1.83. The summed E-state index contributed by atoms with van der Waals surface area (Å²) < 4.78 is 0. The molecule has 88 valence electrons. The molecule has 0 radical (unpaired) electrons. The Hall–Kier alpha value is -1.34. The lowest BCUT2D eigenvalue weighted by Crippen LogP contribution is -1.96. The van der Waals surface area contributed by atoms with Gasteiger partial charge in [0.2, 0.25) is 0 Å². The molecule has 0 spiro atoms. The minimum absolute atomic E-state index is 0.0353. The number of allylic oxidation sites excluding steroid dienone is 4. The Balaban J connectivity index is 2.09. The highest BCUT2D eigenvalue weighted by molar-refractivity contribution is 6.30. The third-order valence-corrected chi connectivity index (χ3v) is 3.37. The summed E-state index contributed by atoms with van der Waals surface area (Å²) in [6.07, 6.45) is 7.74. The normalized spacial score (nSPS) is 16.5. The molecule has 0 bridgehead atoms. The first-order chi connectivity index (χ1) is 8.27. The van der Waals surface area contributed by atoms with Crippen molar-refractivity contribution in [2.24, 2.45) is 0 Å². The number of ketones is 1. The number of carbonyl (C=O) groups is 1. The standard InChI is InChI=1S/C15H15ClO/c16-14-9-5-4-6-12(14)10-11-15(17)13-7-2-1-3-8-13/h1-3,7-8,10-11H,4-6,9H2. The fourth-order valence-electron chi connectivity index (χ4n) is 1.94. The van der Waals surface area contributed by atoms with Crippen LogP contribution < -0.4 is 0 Å². The molecule has 0 N–H and O–H groups in total. The molecule has 1 aliphatic rings. The molecule has 0 amide bonds. The maximum absolute atomic E-state index is 11.8. The van der Waals surface area contributed by atoms with E-state index in [9.17, 15) is 4.79 Å². The summed E-state index contributed by atoms with van der Waals surface area (Å²) in [5.74, 6) is 0.0353. The zero-order chi connectivity index (χ0) is 12.1. The van der Waals surface area contributed by atoms with Gasteiger partial charge >= 0.3 is 0 Å². The summed E-state index contributed by atoms with van der Waals surface area (Å²) in [4.78, 5) is 11.8. The van der Waals surface area contributed by atoms with E-state index in [1.165, 1.54) is 0 Å². The van der Waals surface area contributed by atoms with Crippen LogP contribution in [0.25, 0.3) is 0 Å². The minimum atomic E-state index is 0.0353. The molecule has 0 atom stereocenters. The van der Waals surface area contributed by atoms with Gasteiger partial charge in [0.05, 0.1) is 0 Å². The maximum Gasteiger partial charge on any atom is 0.185 e. The van der Waals surface area contributed by atoms with Crippen molar-refractivity contribution in [2.45, 2.75) is 25.7 Å². The van der Waals surface area contributed by atoms with Gasteiger partial charge in [0, 0.05) is 10.6 Å². The van der Waals surface area contributed by atoms with Crippen LogP contribution in [0, 0.1) is 0 Å². The molecular formula is C15H15ClO. The highest BCUT2D eigenvalue weighted by atomic mass is 35.5. The van der Waals surface area contributed by atoms with Crippen molar-refractivity contribution in [1.82, 2.24) is 0 Å². The van der Waals surface area contributed by atoms with E-state index < -0.39 is 0 Å². The summed E-state index contributed by atoms with van der Waals surface area (Å²) in [6.45, 7) is 0. The van der Waals surface area contributed by atoms with Crippen molar-refractivity contribution in [2.75, 3.05) is 0 Å². The van der Waals surface area contributed by atoms with Crippen LogP contribution in [0.5, 0.6) is 0 Å². The van der Waals surface area contributed by atoms with Gasteiger partial charge in [-0.05, 0) is 37.3 Å². The monoisotopic (exact) mass is 246 g/mol. The van der Waals surface area contributed by atoms with E-state index in [-0.39, 0.29) is 5.78 Å². The Bertz CT molecular complexity index is 457. The lowest BCUT2D eigenvalue weighted by molar-refractivity contribution is 0.104. The number of halogens is 1. The topological polar surface area (TPSA) is 17.1 Å². The number of hydrogen-bond donors (Lipinski definition) is 0. The van der Waals surface area contributed by atoms with Crippen LogP contribution in [0.3, 0.4) is 0 Å². The van der Waals surface area contributed by atoms with Crippen molar-refractivity contribution in [3.8, 4) is 0 Å². The van der Waals surface area contributed by atoms with Crippen LogP contribution in [0.4, 0.5) is 0 Å². The van der Waals surface area contributed by atoms with Crippen LogP contribution in [-0.2, 0) is 0 Å². The van der Waals surface area contributed by atoms with Gasteiger partial charge in [-0.15, -0.1) is 0 Å².